The lowest BCUT2D eigenvalue weighted by Gasteiger charge is -2.33. The van der Waals surface area contributed by atoms with Crippen LogP contribution < -0.4 is 0 Å². The smallest absolute Gasteiger partial charge is 0.311 e. The van der Waals surface area contributed by atoms with E-state index in [0.717, 1.165) is 5.56 Å². The van der Waals surface area contributed by atoms with Crippen LogP contribution in [-0.2, 0) is 9.53 Å². The van der Waals surface area contributed by atoms with Crippen molar-refractivity contribution in [3.63, 3.8) is 0 Å². The Morgan fingerprint density at radius 2 is 2.30 bits per heavy atom. The molecule has 1 aromatic heterocycles. The number of nitrogens with zero attached hydrogens (tertiary/aromatic N) is 1. The van der Waals surface area contributed by atoms with Gasteiger partial charge in [0.15, 0.2) is 5.76 Å². The Kier molecular flexibility index (Phi) is 3.05. The number of ether oxygens (including phenoxy) is 1. The Balaban J connectivity index is 1.86. The second kappa shape index (κ2) is 4.63. The van der Waals surface area contributed by atoms with Gasteiger partial charge >= 0.3 is 5.97 Å². The van der Waals surface area contributed by atoms with Crippen molar-refractivity contribution in [1.82, 2.24) is 4.90 Å². The third-order valence-corrected chi connectivity index (χ3v) is 4.48. The van der Waals surface area contributed by atoms with Crippen molar-refractivity contribution in [2.75, 3.05) is 26.3 Å². The number of carboxylic acids is 1. The van der Waals surface area contributed by atoms with E-state index in [4.69, 9.17) is 9.15 Å². The first-order valence-electron chi connectivity index (χ1n) is 6.69. The summed E-state index contributed by atoms with van der Waals surface area (Å²) in [5.41, 5.74) is -0.0977. The number of fused-ring (bicyclic) bond motifs is 1. The van der Waals surface area contributed by atoms with E-state index < -0.39 is 11.4 Å². The Morgan fingerprint density at radius 3 is 2.90 bits per heavy atom. The van der Waals surface area contributed by atoms with E-state index in [2.05, 4.69) is 0 Å². The SMILES string of the molecule is Cc1ccoc1C(=O)N1C[C@H]2COCC[C@@]2(C(=O)O)C1. The summed E-state index contributed by atoms with van der Waals surface area (Å²) in [6.07, 6.45) is 1.93. The molecule has 20 heavy (non-hydrogen) atoms. The first-order chi connectivity index (χ1) is 9.54. The van der Waals surface area contributed by atoms with E-state index in [-0.39, 0.29) is 18.4 Å². The van der Waals surface area contributed by atoms with E-state index in [1.165, 1.54) is 6.26 Å². The maximum absolute atomic E-state index is 12.4. The molecule has 0 aliphatic carbocycles. The van der Waals surface area contributed by atoms with Gasteiger partial charge in [-0.05, 0) is 19.4 Å². The fourth-order valence-corrected chi connectivity index (χ4v) is 3.19. The molecule has 0 spiro atoms. The van der Waals surface area contributed by atoms with Crippen LogP contribution in [0.2, 0.25) is 0 Å². The lowest BCUT2D eigenvalue weighted by atomic mass is 9.74. The number of carbonyl (C=O) groups is 2. The van der Waals surface area contributed by atoms with Crippen molar-refractivity contribution in [3.8, 4) is 0 Å². The number of furan rings is 1. The highest BCUT2D eigenvalue weighted by molar-refractivity contribution is 5.93. The predicted octanol–water partition coefficient (Wildman–Crippen LogP) is 1.15. The lowest BCUT2D eigenvalue weighted by Crippen LogP contribution is -2.45. The van der Waals surface area contributed by atoms with Crippen LogP contribution in [0.25, 0.3) is 0 Å². The van der Waals surface area contributed by atoms with E-state index >= 15 is 0 Å². The van der Waals surface area contributed by atoms with Crippen LogP contribution >= 0.6 is 0 Å². The van der Waals surface area contributed by atoms with Gasteiger partial charge in [0.1, 0.15) is 0 Å². The molecule has 0 bridgehead atoms. The van der Waals surface area contributed by atoms with Crippen molar-refractivity contribution >= 4 is 11.9 Å². The number of likely N-dealkylation sites (tertiary alicyclic amines) is 1. The molecule has 6 heteroatoms. The molecule has 2 atom stereocenters. The zero-order valence-electron chi connectivity index (χ0n) is 11.3. The molecule has 0 radical (unpaired) electrons. The highest BCUT2D eigenvalue weighted by Crippen LogP contribution is 2.42. The Labute approximate surface area is 116 Å². The van der Waals surface area contributed by atoms with Crippen LogP contribution in [0.5, 0.6) is 0 Å². The molecule has 2 aliphatic rings. The summed E-state index contributed by atoms with van der Waals surface area (Å²) < 4.78 is 10.6. The normalized spacial score (nSPS) is 29.2. The summed E-state index contributed by atoms with van der Waals surface area (Å²) in [6, 6.07) is 1.73. The third-order valence-electron chi connectivity index (χ3n) is 4.48. The van der Waals surface area contributed by atoms with Crippen LogP contribution in [0.4, 0.5) is 0 Å². The molecule has 3 heterocycles. The summed E-state index contributed by atoms with van der Waals surface area (Å²) in [4.78, 5) is 25.7. The van der Waals surface area contributed by atoms with E-state index in [9.17, 15) is 14.7 Å². The van der Waals surface area contributed by atoms with Crippen LogP contribution in [0, 0.1) is 18.3 Å². The largest absolute Gasteiger partial charge is 0.481 e. The number of amides is 1. The minimum Gasteiger partial charge on any atom is -0.481 e. The summed E-state index contributed by atoms with van der Waals surface area (Å²) >= 11 is 0. The second-order valence-corrected chi connectivity index (χ2v) is 5.60. The zero-order chi connectivity index (χ0) is 14.3. The summed E-state index contributed by atoms with van der Waals surface area (Å²) in [6.45, 7) is 3.27. The fourth-order valence-electron chi connectivity index (χ4n) is 3.19. The zero-order valence-corrected chi connectivity index (χ0v) is 11.3. The number of aliphatic carboxylic acids is 1. The molecule has 2 aliphatic heterocycles. The van der Waals surface area contributed by atoms with Crippen LogP contribution in [0.1, 0.15) is 22.5 Å². The second-order valence-electron chi connectivity index (χ2n) is 5.60. The monoisotopic (exact) mass is 279 g/mol. The van der Waals surface area contributed by atoms with E-state index in [0.29, 0.717) is 31.9 Å². The number of carbonyl (C=O) groups excluding carboxylic acids is 1. The fraction of sp³-hybridized carbons (Fsp3) is 0.571. The van der Waals surface area contributed by atoms with E-state index in [1.54, 1.807) is 17.9 Å². The molecular formula is C14H17NO5. The van der Waals surface area contributed by atoms with Gasteiger partial charge in [-0.1, -0.05) is 0 Å². The Morgan fingerprint density at radius 1 is 1.50 bits per heavy atom. The van der Waals surface area contributed by atoms with Gasteiger partial charge in [-0.2, -0.15) is 0 Å². The molecule has 6 nitrogen and oxygen atoms in total. The average Bonchev–Trinajstić information content (AvgIpc) is 3.01. The average molecular weight is 279 g/mol. The maximum atomic E-state index is 12.4. The minimum absolute atomic E-state index is 0.145. The number of carboxylic acid groups (broad SMARTS) is 1. The van der Waals surface area contributed by atoms with Crippen molar-refractivity contribution in [2.45, 2.75) is 13.3 Å². The number of rotatable bonds is 2. The third kappa shape index (κ3) is 1.83. The van der Waals surface area contributed by atoms with Gasteiger partial charge in [-0.3, -0.25) is 9.59 Å². The molecule has 1 aromatic rings. The summed E-state index contributed by atoms with van der Waals surface area (Å²) in [5.74, 6) is -0.919. The van der Waals surface area contributed by atoms with Gasteiger partial charge in [0.05, 0.1) is 18.3 Å². The number of hydrogen-bond acceptors (Lipinski definition) is 4. The molecule has 1 amide bonds. The molecule has 3 rings (SSSR count). The molecule has 2 fully saturated rings. The van der Waals surface area contributed by atoms with Gasteiger partial charge in [-0.25, -0.2) is 0 Å². The quantitative estimate of drug-likeness (QED) is 0.878. The Bertz CT molecular complexity index is 552. The highest BCUT2D eigenvalue weighted by Gasteiger charge is 2.55. The lowest BCUT2D eigenvalue weighted by molar-refractivity contribution is -0.157. The van der Waals surface area contributed by atoms with Crippen LogP contribution in [0.15, 0.2) is 16.7 Å². The molecule has 0 unspecified atom stereocenters. The molecular weight excluding hydrogens is 262 g/mol. The minimum atomic E-state index is -0.867. The van der Waals surface area contributed by atoms with Crippen LogP contribution in [-0.4, -0.2) is 48.2 Å². The molecule has 0 aromatic carbocycles. The van der Waals surface area contributed by atoms with Gasteiger partial charge in [0.2, 0.25) is 0 Å². The van der Waals surface area contributed by atoms with Crippen molar-refractivity contribution in [1.29, 1.82) is 0 Å². The van der Waals surface area contributed by atoms with Crippen molar-refractivity contribution < 1.29 is 23.8 Å². The summed E-state index contributed by atoms with van der Waals surface area (Å²) in [7, 11) is 0. The predicted molar refractivity (Wildman–Crippen MR) is 68.3 cm³/mol. The van der Waals surface area contributed by atoms with Gasteiger partial charge in [0, 0.05) is 31.2 Å². The van der Waals surface area contributed by atoms with Crippen molar-refractivity contribution in [3.05, 3.63) is 23.7 Å². The summed E-state index contributed by atoms with van der Waals surface area (Å²) in [5, 5.41) is 9.57. The van der Waals surface area contributed by atoms with Gasteiger partial charge in [-0.15, -0.1) is 0 Å². The first-order valence-corrected chi connectivity index (χ1v) is 6.69. The topological polar surface area (TPSA) is 80.0 Å². The molecule has 2 saturated heterocycles. The maximum Gasteiger partial charge on any atom is 0.311 e. The van der Waals surface area contributed by atoms with Gasteiger partial charge < -0.3 is 19.2 Å². The van der Waals surface area contributed by atoms with Gasteiger partial charge in [0.25, 0.3) is 5.91 Å². The molecule has 0 saturated carbocycles. The highest BCUT2D eigenvalue weighted by atomic mass is 16.5. The first kappa shape index (κ1) is 13.2. The number of aryl methyl sites for hydroxylation is 1. The Hall–Kier alpha value is -1.82. The van der Waals surface area contributed by atoms with Crippen molar-refractivity contribution in [2.24, 2.45) is 11.3 Å². The number of hydrogen-bond donors (Lipinski definition) is 1. The molecule has 1 N–H and O–H groups in total. The molecule has 108 valence electrons. The van der Waals surface area contributed by atoms with Crippen LogP contribution in [0.3, 0.4) is 0 Å². The standard InChI is InChI=1S/C14H17NO5/c1-9-2-4-20-11(9)12(16)15-6-10-7-19-5-3-14(10,8-15)13(17)18/h2,4,10H,3,5-8H2,1H3,(H,17,18)/t10-,14+/m0/s1. The van der Waals surface area contributed by atoms with E-state index in [1.807, 2.05) is 0 Å².